The largest absolute Gasteiger partial charge is 0.870 e. The van der Waals surface area contributed by atoms with E-state index in [9.17, 15) is 0 Å². The van der Waals surface area contributed by atoms with E-state index >= 15 is 0 Å². The highest BCUT2D eigenvalue weighted by molar-refractivity contribution is 5.42. The van der Waals surface area contributed by atoms with Crippen molar-refractivity contribution in [3.05, 3.63) is 30.3 Å². The smallest absolute Gasteiger partial charge is 0.132 e. The SMILES string of the molecule is CC[N+](CC)(CCO)c1ccccc1.[OH-]. The zero-order chi connectivity index (χ0) is 10.4. The number of quaternary nitrogens is 1. The molecule has 0 unspecified atom stereocenters. The first-order chi connectivity index (χ1) is 6.79. The van der Waals surface area contributed by atoms with Gasteiger partial charge in [0.05, 0.1) is 19.7 Å². The lowest BCUT2D eigenvalue weighted by atomic mass is 10.2. The molecule has 0 aliphatic carbocycles. The van der Waals surface area contributed by atoms with Crippen molar-refractivity contribution in [1.29, 1.82) is 0 Å². The van der Waals surface area contributed by atoms with Crippen LogP contribution in [0.2, 0.25) is 0 Å². The molecule has 0 amide bonds. The zero-order valence-corrected chi connectivity index (χ0v) is 9.56. The van der Waals surface area contributed by atoms with Gasteiger partial charge >= 0.3 is 0 Å². The second kappa shape index (κ2) is 6.56. The molecule has 0 heterocycles. The lowest BCUT2D eigenvalue weighted by molar-refractivity contribution is 0.209. The number of hydrogen-bond acceptors (Lipinski definition) is 2. The van der Waals surface area contributed by atoms with Crippen LogP contribution < -0.4 is 4.48 Å². The summed E-state index contributed by atoms with van der Waals surface area (Å²) in [4.78, 5) is 0. The van der Waals surface area contributed by atoms with E-state index in [-0.39, 0.29) is 12.1 Å². The maximum Gasteiger partial charge on any atom is 0.132 e. The first kappa shape index (κ1) is 14.1. The summed E-state index contributed by atoms with van der Waals surface area (Å²) in [5.74, 6) is 0. The van der Waals surface area contributed by atoms with Crippen molar-refractivity contribution >= 4 is 5.69 Å². The van der Waals surface area contributed by atoms with Gasteiger partial charge in [0.2, 0.25) is 0 Å². The summed E-state index contributed by atoms with van der Waals surface area (Å²) < 4.78 is 0.872. The summed E-state index contributed by atoms with van der Waals surface area (Å²) in [7, 11) is 0. The third kappa shape index (κ3) is 3.02. The third-order valence-electron chi connectivity index (χ3n) is 3.04. The van der Waals surface area contributed by atoms with Gasteiger partial charge in [0.1, 0.15) is 12.2 Å². The highest BCUT2D eigenvalue weighted by Crippen LogP contribution is 2.21. The van der Waals surface area contributed by atoms with E-state index in [0.29, 0.717) is 0 Å². The minimum atomic E-state index is 0. The van der Waals surface area contributed by atoms with Gasteiger partial charge in [0.25, 0.3) is 0 Å². The van der Waals surface area contributed by atoms with Gasteiger partial charge < -0.3 is 10.6 Å². The lowest BCUT2D eigenvalue weighted by Crippen LogP contribution is -2.50. The van der Waals surface area contributed by atoms with Crippen LogP contribution in [0, 0.1) is 0 Å². The van der Waals surface area contributed by atoms with Crippen LogP contribution in [0.25, 0.3) is 0 Å². The molecule has 0 atom stereocenters. The maximum atomic E-state index is 9.11. The van der Waals surface area contributed by atoms with Crippen LogP contribution in [0.15, 0.2) is 30.3 Å². The van der Waals surface area contributed by atoms with E-state index in [0.717, 1.165) is 24.1 Å². The van der Waals surface area contributed by atoms with Crippen LogP contribution in [0.5, 0.6) is 0 Å². The number of nitrogens with zero attached hydrogens (tertiary/aromatic N) is 1. The summed E-state index contributed by atoms with van der Waals surface area (Å²) in [5, 5.41) is 9.11. The molecule has 0 aliphatic rings. The van der Waals surface area contributed by atoms with E-state index in [1.165, 1.54) is 5.69 Å². The number of aliphatic hydroxyl groups is 1. The van der Waals surface area contributed by atoms with Crippen LogP contribution >= 0.6 is 0 Å². The highest BCUT2D eigenvalue weighted by Gasteiger charge is 2.24. The molecule has 0 fully saturated rings. The Labute approximate surface area is 91.9 Å². The summed E-state index contributed by atoms with van der Waals surface area (Å²) in [6, 6.07) is 10.4. The molecular formula is C12H21NO2. The topological polar surface area (TPSA) is 50.2 Å². The summed E-state index contributed by atoms with van der Waals surface area (Å²) >= 11 is 0. The Kier molecular flexibility index (Phi) is 6.17. The van der Waals surface area contributed by atoms with Gasteiger partial charge in [-0.05, 0) is 26.0 Å². The predicted octanol–water partition coefficient (Wildman–Crippen LogP) is 1.85. The summed E-state index contributed by atoms with van der Waals surface area (Å²) in [6.07, 6.45) is 0. The molecule has 0 bridgehead atoms. The molecule has 1 aromatic rings. The Hall–Kier alpha value is -0.900. The number of hydrogen-bond donors (Lipinski definition) is 1. The van der Waals surface area contributed by atoms with Crippen LogP contribution in [-0.4, -0.2) is 36.8 Å². The van der Waals surface area contributed by atoms with E-state index < -0.39 is 0 Å². The molecule has 0 radical (unpaired) electrons. The molecule has 0 saturated heterocycles. The van der Waals surface area contributed by atoms with Gasteiger partial charge in [-0.1, -0.05) is 18.2 Å². The molecule has 0 aliphatic heterocycles. The van der Waals surface area contributed by atoms with Crippen LogP contribution in [0.4, 0.5) is 5.69 Å². The molecule has 0 saturated carbocycles. The molecular weight excluding hydrogens is 190 g/mol. The molecule has 1 aromatic carbocycles. The highest BCUT2D eigenvalue weighted by atomic mass is 16.3. The van der Waals surface area contributed by atoms with E-state index in [1.807, 2.05) is 6.07 Å². The van der Waals surface area contributed by atoms with Crippen molar-refractivity contribution in [3.63, 3.8) is 0 Å². The summed E-state index contributed by atoms with van der Waals surface area (Å²) in [5.41, 5.74) is 1.30. The van der Waals surface area contributed by atoms with Crippen LogP contribution in [0.1, 0.15) is 13.8 Å². The van der Waals surface area contributed by atoms with Crippen molar-refractivity contribution in [1.82, 2.24) is 4.48 Å². The fourth-order valence-corrected chi connectivity index (χ4v) is 1.97. The molecule has 15 heavy (non-hydrogen) atoms. The Morgan fingerprint density at radius 1 is 1.07 bits per heavy atom. The Morgan fingerprint density at radius 3 is 2.00 bits per heavy atom. The molecule has 3 heteroatoms. The Morgan fingerprint density at radius 2 is 1.60 bits per heavy atom. The number of likely N-dealkylation sites (N-methyl/N-ethyl adjacent to an activating group) is 1. The quantitative estimate of drug-likeness (QED) is 0.756. The molecule has 0 aromatic heterocycles. The van der Waals surface area contributed by atoms with E-state index in [1.54, 1.807) is 0 Å². The summed E-state index contributed by atoms with van der Waals surface area (Å²) in [6.45, 7) is 7.45. The molecule has 0 spiro atoms. The van der Waals surface area contributed by atoms with Gasteiger partial charge in [0, 0.05) is 0 Å². The molecule has 2 N–H and O–H groups in total. The Bertz CT molecular complexity index is 258. The van der Waals surface area contributed by atoms with Crippen LogP contribution in [0.3, 0.4) is 0 Å². The molecule has 86 valence electrons. The second-order valence-corrected chi connectivity index (χ2v) is 3.56. The van der Waals surface area contributed by atoms with Gasteiger partial charge in [-0.2, -0.15) is 0 Å². The number of aliphatic hydroxyl groups excluding tert-OH is 1. The monoisotopic (exact) mass is 211 g/mol. The Balaban J connectivity index is 0.00000196. The normalized spacial score (nSPS) is 10.9. The first-order valence-corrected chi connectivity index (χ1v) is 5.31. The second-order valence-electron chi connectivity index (χ2n) is 3.56. The van der Waals surface area contributed by atoms with Gasteiger partial charge in [-0.15, -0.1) is 0 Å². The fourth-order valence-electron chi connectivity index (χ4n) is 1.97. The van der Waals surface area contributed by atoms with Gasteiger partial charge in [-0.3, -0.25) is 4.48 Å². The maximum absolute atomic E-state index is 9.11. The lowest BCUT2D eigenvalue weighted by Gasteiger charge is -2.35. The third-order valence-corrected chi connectivity index (χ3v) is 3.04. The van der Waals surface area contributed by atoms with Crippen molar-refractivity contribution < 1.29 is 10.6 Å². The van der Waals surface area contributed by atoms with Gasteiger partial charge in [0.15, 0.2) is 0 Å². The minimum Gasteiger partial charge on any atom is -0.870 e. The first-order valence-electron chi connectivity index (χ1n) is 5.31. The van der Waals surface area contributed by atoms with E-state index in [2.05, 4.69) is 38.1 Å². The van der Waals surface area contributed by atoms with Crippen LogP contribution in [-0.2, 0) is 0 Å². The predicted molar refractivity (Wildman–Crippen MR) is 63.2 cm³/mol. The molecule has 3 nitrogen and oxygen atoms in total. The average molecular weight is 211 g/mol. The van der Waals surface area contributed by atoms with Crippen molar-refractivity contribution in [2.24, 2.45) is 0 Å². The molecule has 1 rings (SSSR count). The number of benzene rings is 1. The van der Waals surface area contributed by atoms with Crippen molar-refractivity contribution in [2.75, 3.05) is 26.2 Å². The number of rotatable bonds is 5. The van der Waals surface area contributed by atoms with Crippen molar-refractivity contribution in [2.45, 2.75) is 13.8 Å². The minimum absolute atomic E-state index is 0. The van der Waals surface area contributed by atoms with Gasteiger partial charge in [-0.25, -0.2) is 0 Å². The standard InChI is InChI=1S/C12H20NO.H2O/c1-3-13(4-2,10-11-14)12-8-6-5-7-9-12;/h5-9,14H,3-4,10-11H2,1-2H3;1H2/q+1;/p-1. The number of para-hydroxylation sites is 1. The average Bonchev–Trinajstić information content (AvgIpc) is 2.27. The van der Waals surface area contributed by atoms with E-state index in [4.69, 9.17) is 5.11 Å². The van der Waals surface area contributed by atoms with Crippen molar-refractivity contribution in [3.8, 4) is 0 Å². The zero-order valence-electron chi connectivity index (χ0n) is 9.56. The fraction of sp³-hybridized carbons (Fsp3) is 0.500.